The average Bonchev–Trinajstić information content (AvgIpc) is 2.25. The number of benzene rings is 1. The predicted molar refractivity (Wildman–Crippen MR) is 59.4 cm³/mol. The van der Waals surface area contributed by atoms with Gasteiger partial charge in [0.25, 0.3) is 0 Å². The van der Waals surface area contributed by atoms with Gasteiger partial charge in [0.05, 0.1) is 0 Å². The van der Waals surface area contributed by atoms with Gasteiger partial charge in [0.15, 0.2) is 5.78 Å². The summed E-state index contributed by atoms with van der Waals surface area (Å²) in [5.74, 6) is -0.382. The van der Waals surface area contributed by atoms with Gasteiger partial charge in [0.1, 0.15) is 5.82 Å². The molecule has 0 fully saturated rings. The smallest absolute Gasteiger partial charge is 0.185 e. The summed E-state index contributed by atoms with van der Waals surface area (Å²) in [5.41, 5.74) is 0.532. The van der Waals surface area contributed by atoms with Crippen molar-refractivity contribution in [3.05, 3.63) is 47.8 Å². The van der Waals surface area contributed by atoms with Crippen LogP contribution in [0.3, 0.4) is 0 Å². The van der Waals surface area contributed by atoms with Gasteiger partial charge in [0, 0.05) is 5.56 Å². The van der Waals surface area contributed by atoms with Crippen molar-refractivity contribution in [2.45, 2.75) is 26.2 Å². The van der Waals surface area contributed by atoms with E-state index in [1.165, 1.54) is 24.3 Å². The fraction of sp³-hybridized carbons (Fsp3) is 0.308. The number of rotatable bonds is 5. The second-order valence-electron chi connectivity index (χ2n) is 3.42. The van der Waals surface area contributed by atoms with Crippen LogP contribution in [-0.2, 0) is 0 Å². The first-order valence-corrected chi connectivity index (χ1v) is 5.20. The SMILES string of the molecule is CCCC/C=C/C(=O)c1ccc(F)cc1. The van der Waals surface area contributed by atoms with E-state index in [1.54, 1.807) is 6.08 Å². The minimum atomic E-state index is -0.318. The molecule has 0 aliphatic rings. The Morgan fingerprint density at radius 3 is 2.60 bits per heavy atom. The summed E-state index contributed by atoms with van der Waals surface area (Å²) >= 11 is 0. The molecule has 0 aromatic heterocycles. The third kappa shape index (κ3) is 4.07. The van der Waals surface area contributed by atoms with Crippen LogP contribution < -0.4 is 0 Å². The highest BCUT2D eigenvalue weighted by Gasteiger charge is 2.00. The Labute approximate surface area is 89.6 Å². The summed E-state index contributed by atoms with van der Waals surface area (Å²) in [5, 5.41) is 0. The molecule has 0 saturated carbocycles. The van der Waals surface area contributed by atoms with Gasteiger partial charge in [-0.05, 0) is 36.8 Å². The third-order valence-corrected chi connectivity index (χ3v) is 2.12. The first-order chi connectivity index (χ1) is 7.24. The van der Waals surface area contributed by atoms with Crippen LogP contribution in [0.5, 0.6) is 0 Å². The second-order valence-corrected chi connectivity index (χ2v) is 3.42. The molecule has 0 radical (unpaired) electrons. The molecule has 15 heavy (non-hydrogen) atoms. The number of ketones is 1. The Balaban J connectivity index is 2.53. The van der Waals surface area contributed by atoms with E-state index in [0.29, 0.717) is 5.56 Å². The van der Waals surface area contributed by atoms with Crippen molar-refractivity contribution >= 4 is 5.78 Å². The van der Waals surface area contributed by atoms with Crippen LogP contribution in [0.2, 0.25) is 0 Å². The summed E-state index contributed by atoms with van der Waals surface area (Å²) < 4.78 is 12.6. The Morgan fingerprint density at radius 1 is 1.33 bits per heavy atom. The lowest BCUT2D eigenvalue weighted by Crippen LogP contribution is -1.93. The molecule has 0 aliphatic carbocycles. The van der Waals surface area contributed by atoms with Gasteiger partial charge in [-0.1, -0.05) is 25.8 Å². The van der Waals surface area contributed by atoms with E-state index >= 15 is 0 Å². The molecule has 0 unspecified atom stereocenters. The maximum atomic E-state index is 12.6. The summed E-state index contributed by atoms with van der Waals surface area (Å²) in [6, 6.07) is 5.60. The van der Waals surface area contributed by atoms with Crippen molar-refractivity contribution in [2.24, 2.45) is 0 Å². The van der Waals surface area contributed by atoms with Gasteiger partial charge in [-0.3, -0.25) is 4.79 Å². The minimum absolute atomic E-state index is 0.0638. The molecule has 0 heterocycles. The molecular weight excluding hydrogens is 191 g/mol. The molecule has 1 nitrogen and oxygen atoms in total. The molecule has 0 atom stereocenters. The zero-order valence-electron chi connectivity index (χ0n) is 8.87. The number of allylic oxidation sites excluding steroid dienone is 2. The van der Waals surface area contributed by atoms with E-state index < -0.39 is 0 Å². The van der Waals surface area contributed by atoms with E-state index in [2.05, 4.69) is 6.92 Å². The summed E-state index contributed by atoms with van der Waals surface area (Å²) in [7, 11) is 0. The molecule has 0 aliphatic heterocycles. The maximum Gasteiger partial charge on any atom is 0.185 e. The molecule has 80 valence electrons. The molecule has 0 N–H and O–H groups in total. The highest BCUT2D eigenvalue weighted by molar-refractivity contribution is 6.04. The molecular formula is C13H15FO. The highest BCUT2D eigenvalue weighted by atomic mass is 19.1. The molecule has 0 amide bonds. The van der Waals surface area contributed by atoms with Crippen LogP contribution in [0.15, 0.2) is 36.4 Å². The maximum absolute atomic E-state index is 12.6. The van der Waals surface area contributed by atoms with E-state index in [1.807, 2.05) is 6.08 Å². The summed E-state index contributed by atoms with van der Waals surface area (Å²) in [6.07, 6.45) is 6.56. The fourth-order valence-corrected chi connectivity index (χ4v) is 1.22. The monoisotopic (exact) mass is 206 g/mol. The number of carbonyl (C=O) groups is 1. The normalized spacial score (nSPS) is 10.8. The van der Waals surface area contributed by atoms with Crippen molar-refractivity contribution in [3.8, 4) is 0 Å². The first kappa shape index (κ1) is 11.6. The Hall–Kier alpha value is -1.44. The van der Waals surface area contributed by atoms with Gasteiger partial charge in [-0.15, -0.1) is 0 Å². The average molecular weight is 206 g/mol. The third-order valence-electron chi connectivity index (χ3n) is 2.12. The largest absolute Gasteiger partial charge is 0.289 e. The molecule has 0 spiro atoms. The Morgan fingerprint density at radius 2 is 2.00 bits per heavy atom. The molecule has 0 bridgehead atoms. The number of halogens is 1. The fourth-order valence-electron chi connectivity index (χ4n) is 1.22. The van der Waals surface area contributed by atoms with Crippen molar-refractivity contribution in [1.29, 1.82) is 0 Å². The minimum Gasteiger partial charge on any atom is -0.289 e. The highest BCUT2D eigenvalue weighted by Crippen LogP contribution is 2.05. The van der Waals surface area contributed by atoms with Crippen molar-refractivity contribution in [2.75, 3.05) is 0 Å². The lowest BCUT2D eigenvalue weighted by Gasteiger charge is -1.95. The van der Waals surface area contributed by atoms with Crippen LogP contribution in [0.1, 0.15) is 36.5 Å². The summed E-state index contributed by atoms with van der Waals surface area (Å²) in [4.78, 5) is 11.5. The number of carbonyl (C=O) groups excluding carboxylic acids is 1. The number of unbranched alkanes of at least 4 members (excludes halogenated alkanes) is 2. The topological polar surface area (TPSA) is 17.1 Å². The van der Waals surface area contributed by atoms with E-state index in [4.69, 9.17) is 0 Å². The van der Waals surface area contributed by atoms with E-state index in [-0.39, 0.29) is 11.6 Å². The lowest BCUT2D eigenvalue weighted by molar-refractivity contribution is 0.104. The van der Waals surface area contributed by atoms with Crippen LogP contribution in [0, 0.1) is 5.82 Å². The number of hydrogen-bond donors (Lipinski definition) is 0. The quantitative estimate of drug-likeness (QED) is 0.407. The summed E-state index contributed by atoms with van der Waals surface area (Å²) in [6.45, 7) is 2.11. The Kier molecular flexibility index (Phi) is 4.75. The van der Waals surface area contributed by atoms with Crippen molar-refractivity contribution < 1.29 is 9.18 Å². The predicted octanol–water partition coefficient (Wildman–Crippen LogP) is 3.75. The van der Waals surface area contributed by atoms with Gasteiger partial charge in [-0.25, -0.2) is 4.39 Å². The van der Waals surface area contributed by atoms with Crippen LogP contribution >= 0.6 is 0 Å². The van der Waals surface area contributed by atoms with Gasteiger partial charge >= 0.3 is 0 Å². The molecule has 2 heteroatoms. The second kappa shape index (κ2) is 6.12. The Bertz CT molecular complexity index is 338. The molecule has 0 saturated heterocycles. The van der Waals surface area contributed by atoms with Gasteiger partial charge < -0.3 is 0 Å². The molecule has 1 aromatic carbocycles. The zero-order chi connectivity index (χ0) is 11.1. The lowest BCUT2D eigenvalue weighted by atomic mass is 10.1. The van der Waals surface area contributed by atoms with Gasteiger partial charge in [-0.2, -0.15) is 0 Å². The standard InChI is InChI=1S/C13H15FO/c1-2-3-4-5-6-13(15)11-7-9-12(14)10-8-11/h5-10H,2-4H2,1H3/b6-5+. The molecule has 1 aromatic rings. The van der Waals surface area contributed by atoms with E-state index in [0.717, 1.165) is 19.3 Å². The molecule has 1 rings (SSSR count). The van der Waals surface area contributed by atoms with Crippen LogP contribution in [0.4, 0.5) is 4.39 Å². The van der Waals surface area contributed by atoms with Crippen LogP contribution in [0.25, 0.3) is 0 Å². The van der Waals surface area contributed by atoms with E-state index in [9.17, 15) is 9.18 Å². The van der Waals surface area contributed by atoms with Crippen molar-refractivity contribution in [1.82, 2.24) is 0 Å². The van der Waals surface area contributed by atoms with Crippen molar-refractivity contribution in [3.63, 3.8) is 0 Å². The van der Waals surface area contributed by atoms with Gasteiger partial charge in [0.2, 0.25) is 0 Å². The van der Waals surface area contributed by atoms with Crippen LogP contribution in [-0.4, -0.2) is 5.78 Å². The first-order valence-electron chi connectivity index (χ1n) is 5.20. The number of hydrogen-bond acceptors (Lipinski definition) is 1. The zero-order valence-corrected chi connectivity index (χ0v) is 8.87.